The molecule has 1 amide bonds. The number of thioether (sulfide) groups is 1. The van der Waals surface area contributed by atoms with Crippen molar-refractivity contribution in [2.24, 2.45) is 0 Å². The summed E-state index contributed by atoms with van der Waals surface area (Å²) >= 11 is 1.46. The van der Waals surface area contributed by atoms with Gasteiger partial charge in [-0.05, 0) is 20.1 Å². The number of rotatable bonds is 13. The van der Waals surface area contributed by atoms with Crippen molar-refractivity contribution in [3.63, 3.8) is 0 Å². The number of ketones is 2. The van der Waals surface area contributed by atoms with Gasteiger partial charge in [-0.25, -0.2) is 0 Å². The Hall–Kier alpha value is -0.920. The number of ether oxygens (including phenoxy) is 2. The average molecular weight is 333 g/mol. The normalized spacial score (nSPS) is 10.8. The van der Waals surface area contributed by atoms with Crippen molar-refractivity contribution in [3.8, 4) is 0 Å². The molecule has 128 valence electrons. The van der Waals surface area contributed by atoms with Crippen LogP contribution in [0.3, 0.4) is 0 Å². The molecule has 0 fully saturated rings. The van der Waals surface area contributed by atoms with E-state index in [2.05, 4.69) is 0 Å². The lowest BCUT2D eigenvalue weighted by molar-refractivity contribution is -0.132. The number of amides is 1. The number of likely N-dealkylation sites (N-methyl/N-ethyl adjacent to an activating group) is 1. The van der Waals surface area contributed by atoms with Gasteiger partial charge in [0.15, 0.2) is 0 Å². The summed E-state index contributed by atoms with van der Waals surface area (Å²) in [5, 5.41) is 0. The van der Waals surface area contributed by atoms with Crippen LogP contribution >= 0.6 is 11.8 Å². The Bertz CT molecular complexity index is 340. The third-order valence-electron chi connectivity index (χ3n) is 3.03. The van der Waals surface area contributed by atoms with Gasteiger partial charge in [-0.2, -0.15) is 11.8 Å². The van der Waals surface area contributed by atoms with Crippen LogP contribution in [0.2, 0.25) is 0 Å². The molecule has 0 aromatic carbocycles. The van der Waals surface area contributed by atoms with Gasteiger partial charge in [0.1, 0.15) is 11.6 Å². The van der Waals surface area contributed by atoms with Crippen molar-refractivity contribution in [1.29, 1.82) is 0 Å². The monoisotopic (exact) mass is 333 g/mol. The van der Waals surface area contributed by atoms with Crippen LogP contribution in [0, 0.1) is 0 Å². The van der Waals surface area contributed by atoms with E-state index in [1.165, 1.54) is 25.6 Å². The van der Waals surface area contributed by atoms with Crippen molar-refractivity contribution < 1.29 is 23.9 Å². The Morgan fingerprint density at radius 2 is 1.45 bits per heavy atom. The standard InChI is InChI=1S/C15H27NO5S/c1-12(17)5-7-20-9-14(10-21-8-6-13(2)18)16(3)15(19)11-22-4/h14H,5-11H2,1-4H3. The zero-order chi connectivity index (χ0) is 17.0. The molecule has 0 bridgehead atoms. The van der Waals surface area contributed by atoms with E-state index in [9.17, 15) is 14.4 Å². The van der Waals surface area contributed by atoms with Crippen molar-refractivity contribution in [2.45, 2.75) is 32.7 Å². The molecule has 6 nitrogen and oxygen atoms in total. The summed E-state index contributed by atoms with van der Waals surface area (Å²) in [5.74, 6) is 0.540. The number of hydrogen-bond acceptors (Lipinski definition) is 6. The van der Waals surface area contributed by atoms with E-state index in [1.807, 2.05) is 6.26 Å². The molecule has 0 rings (SSSR count). The minimum Gasteiger partial charge on any atom is -0.379 e. The van der Waals surface area contributed by atoms with Gasteiger partial charge in [0.25, 0.3) is 0 Å². The highest BCUT2D eigenvalue weighted by atomic mass is 32.2. The summed E-state index contributed by atoms with van der Waals surface area (Å²) in [5.41, 5.74) is 0. The van der Waals surface area contributed by atoms with Gasteiger partial charge < -0.3 is 14.4 Å². The van der Waals surface area contributed by atoms with Gasteiger partial charge >= 0.3 is 0 Å². The molecule has 0 saturated carbocycles. The van der Waals surface area contributed by atoms with Crippen LogP contribution in [0.15, 0.2) is 0 Å². The maximum absolute atomic E-state index is 12.0. The Kier molecular flexibility index (Phi) is 12.1. The van der Waals surface area contributed by atoms with Gasteiger partial charge in [0.05, 0.1) is 38.2 Å². The minimum absolute atomic E-state index is 0.00263. The molecule has 0 unspecified atom stereocenters. The number of carbonyl (C=O) groups excluding carboxylic acids is 3. The molecular formula is C15H27NO5S. The van der Waals surface area contributed by atoms with Crippen LogP contribution in [-0.2, 0) is 23.9 Å². The van der Waals surface area contributed by atoms with Crippen LogP contribution in [0.4, 0.5) is 0 Å². The van der Waals surface area contributed by atoms with Gasteiger partial charge in [-0.1, -0.05) is 0 Å². The molecule has 0 aromatic rings. The smallest absolute Gasteiger partial charge is 0.232 e. The lowest BCUT2D eigenvalue weighted by atomic mass is 10.3. The van der Waals surface area contributed by atoms with E-state index in [0.717, 1.165) is 0 Å². The Morgan fingerprint density at radius 1 is 1.00 bits per heavy atom. The van der Waals surface area contributed by atoms with Gasteiger partial charge in [-0.15, -0.1) is 0 Å². The highest BCUT2D eigenvalue weighted by Crippen LogP contribution is 2.04. The van der Waals surface area contributed by atoms with Gasteiger partial charge in [-0.3, -0.25) is 14.4 Å². The number of nitrogens with zero attached hydrogens (tertiary/aromatic N) is 1. The number of hydrogen-bond donors (Lipinski definition) is 0. The van der Waals surface area contributed by atoms with Crippen molar-refractivity contribution >= 4 is 29.2 Å². The number of carbonyl (C=O) groups is 3. The molecule has 0 radical (unpaired) electrons. The van der Waals surface area contributed by atoms with Gasteiger partial charge in [0.2, 0.25) is 5.91 Å². The zero-order valence-corrected chi connectivity index (χ0v) is 14.7. The summed E-state index contributed by atoms with van der Waals surface area (Å²) in [7, 11) is 1.71. The van der Waals surface area contributed by atoms with Crippen LogP contribution < -0.4 is 0 Å². The first kappa shape index (κ1) is 21.1. The third kappa shape index (κ3) is 10.8. The second-order valence-corrected chi connectivity index (χ2v) is 6.01. The molecule has 0 atom stereocenters. The first-order chi connectivity index (χ1) is 10.4. The molecule has 22 heavy (non-hydrogen) atoms. The second-order valence-electron chi connectivity index (χ2n) is 5.15. The molecule has 0 aliphatic carbocycles. The third-order valence-corrected chi connectivity index (χ3v) is 3.56. The molecule has 0 N–H and O–H groups in total. The van der Waals surface area contributed by atoms with Crippen molar-refractivity contribution in [3.05, 3.63) is 0 Å². The Morgan fingerprint density at radius 3 is 1.82 bits per heavy atom. The first-order valence-electron chi connectivity index (χ1n) is 7.27. The molecular weight excluding hydrogens is 306 g/mol. The highest BCUT2D eigenvalue weighted by molar-refractivity contribution is 7.99. The lowest BCUT2D eigenvalue weighted by Gasteiger charge is -2.28. The van der Waals surface area contributed by atoms with Gasteiger partial charge in [0, 0.05) is 19.9 Å². The summed E-state index contributed by atoms with van der Waals surface area (Å²) in [6.07, 6.45) is 2.59. The predicted octanol–water partition coefficient (Wildman–Crippen LogP) is 1.17. The molecule has 0 aliphatic heterocycles. The Balaban J connectivity index is 4.31. The quantitative estimate of drug-likeness (QED) is 0.471. The maximum Gasteiger partial charge on any atom is 0.232 e. The second kappa shape index (κ2) is 12.6. The summed E-state index contributed by atoms with van der Waals surface area (Å²) in [6, 6.07) is -0.224. The SMILES string of the molecule is CSCC(=O)N(C)C(COCCC(C)=O)COCCC(C)=O. The summed E-state index contributed by atoms with van der Waals surface area (Å²) in [6.45, 7) is 4.32. The van der Waals surface area contributed by atoms with E-state index < -0.39 is 0 Å². The van der Waals surface area contributed by atoms with E-state index in [1.54, 1.807) is 11.9 Å². The van der Waals surface area contributed by atoms with Crippen molar-refractivity contribution in [2.75, 3.05) is 45.5 Å². The Labute approximate surface area is 136 Å². The zero-order valence-electron chi connectivity index (χ0n) is 13.9. The van der Waals surface area contributed by atoms with E-state index in [0.29, 0.717) is 45.0 Å². The first-order valence-corrected chi connectivity index (χ1v) is 8.66. The van der Waals surface area contributed by atoms with Crippen LogP contribution in [0.25, 0.3) is 0 Å². The van der Waals surface area contributed by atoms with Crippen LogP contribution in [0.5, 0.6) is 0 Å². The van der Waals surface area contributed by atoms with Crippen LogP contribution in [-0.4, -0.2) is 73.9 Å². The lowest BCUT2D eigenvalue weighted by Crippen LogP contribution is -2.44. The molecule has 7 heteroatoms. The average Bonchev–Trinajstić information content (AvgIpc) is 2.44. The van der Waals surface area contributed by atoms with E-state index >= 15 is 0 Å². The van der Waals surface area contributed by atoms with Crippen LogP contribution in [0.1, 0.15) is 26.7 Å². The minimum atomic E-state index is -0.224. The molecule has 0 saturated heterocycles. The molecule has 0 spiro atoms. The number of Topliss-reactive ketones (excluding diaryl/α,β-unsaturated/α-hetero) is 2. The molecule has 0 aromatic heterocycles. The summed E-state index contributed by atoms with van der Waals surface area (Å²) in [4.78, 5) is 35.3. The fraction of sp³-hybridized carbons (Fsp3) is 0.800. The topological polar surface area (TPSA) is 72.9 Å². The predicted molar refractivity (Wildman–Crippen MR) is 87.2 cm³/mol. The highest BCUT2D eigenvalue weighted by Gasteiger charge is 2.20. The van der Waals surface area contributed by atoms with E-state index in [-0.39, 0.29) is 23.5 Å². The largest absolute Gasteiger partial charge is 0.379 e. The molecule has 0 heterocycles. The summed E-state index contributed by atoms with van der Waals surface area (Å²) < 4.78 is 10.9. The maximum atomic E-state index is 12.0. The molecule has 0 aliphatic rings. The van der Waals surface area contributed by atoms with Crippen molar-refractivity contribution in [1.82, 2.24) is 4.90 Å². The fourth-order valence-electron chi connectivity index (χ4n) is 1.57. The van der Waals surface area contributed by atoms with E-state index in [4.69, 9.17) is 9.47 Å². The fourth-order valence-corrected chi connectivity index (χ4v) is 2.02.